The van der Waals surface area contributed by atoms with Crippen LogP contribution in [0.5, 0.6) is 0 Å². The molecule has 1 N–H and O–H groups in total. The zero-order chi connectivity index (χ0) is 29.6. The Morgan fingerprint density at radius 1 is 1.00 bits per heavy atom. The molecule has 0 spiro atoms. The molecule has 0 bridgehead atoms. The largest absolute Gasteiger partial charge is 0.334 e. The second-order valence-corrected chi connectivity index (χ2v) is 11.2. The molecule has 41 heavy (non-hydrogen) atoms. The molecule has 0 fully saturated rings. The molecule has 9 nitrogen and oxygen atoms in total. The molecule has 0 unspecified atom stereocenters. The number of nitrogens with one attached hydrogen (secondary N) is 1. The maximum Gasteiger partial charge on any atom is 0.283 e. The quantitative estimate of drug-likeness (QED) is 0.310. The summed E-state index contributed by atoms with van der Waals surface area (Å²) in [6, 6.07) is 8.75. The lowest BCUT2D eigenvalue weighted by atomic mass is 9.86. The first-order valence-corrected chi connectivity index (χ1v) is 13.6. The molecule has 5 aromatic rings. The van der Waals surface area contributed by atoms with Crippen LogP contribution in [0.4, 0.5) is 15.9 Å². The van der Waals surface area contributed by atoms with Crippen LogP contribution >= 0.6 is 0 Å². The summed E-state index contributed by atoms with van der Waals surface area (Å²) in [6.45, 7) is 9.97. The van der Waals surface area contributed by atoms with Crippen molar-refractivity contribution in [1.82, 2.24) is 29.1 Å². The van der Waals surface area contributed by atoms with Gasteiger partial charge in [-0.1, -0.05) is 34.6 Å². The predicted molar refractivity (Wildman–Crippen MR) is 160 cm³/mol. The van der Waals surface area contributed by atoms with Gasteiger partial charge in [-0.15, -0.1) is 0 Å². The molecule has 10 heteroatoms. The highest BCUT2D eigenvalue weighted by molar-refractivity contribution is 5.83. The Morgan fingerprint density at radius 2 is 1.76 bits per heavy atom. The predicted octanol–water partition coefficient (Wildman–Crippen LogP) is 5.18. The third-order valence-electron chi connectivity index (χ3n) is 7.39. The van der Waals surface area contributed by atoms with Gasteiger partial charge < -0.3 is 9.88 Å². The summed E-state index contributed by atoms with van der Waals surface area (Å²) in [5.41, 5.74) is 3.38. The number of anilines is 2. The highest BCUT2D eigenvalue weighted by atomic mass is 19.1. The molecule has 1 aromatic carbocycles. The van der Waals surface area contributed by atoms with Crippen LogP contribution in [0.1, 0.15) is 51.4 Å². The summed E-state index contributed by atoms with van der Waals surface area (Å²) < 4.78 is 19.7. The molecule has 0 saturated heterocycles. The summed E-state index contributed by atoms with van der Waals surface area (Å²) in [7, 11) is 3.55. The van der Waals surface area contributed by atoms with Crippen LogP contribution in [0, 0.1) is 5.82 Å². The number of aromatic nitrogens is 6. The summed E-state index contributed by atoms with van der Waals surface area (Å²) in [5.74, 6) is 0.308. The van der Waals surface area contributed by atoms with E-state index < -0.39 is 11.4 Å². The number of pyridine rings is 2. The van der Waals surface area contributed by atoms with Crippen molar-refractivity contribution >= 4 is 22.3 Å². The Hall–Kier alpha value is -4.60. The zero-order valence-corrected chi connectivity index (χ0v) is 24.4. The number of benzene rings is 1. The molecular weight excluding hydrogens is 521 g/mol. The molecule has 0 aliphatic rings. The van der Waals surface area contributed by atoms with Gasteiger partial charge in [-0.2, -0.15) is 14.9 Å². The van der Waals surface area contributed by atoms with Crippen LogP contribution in [0.25, 0.3) is 27.7 Å². The minimum Gasteiger partial charge on any atom is -0.334 e. The first-order valence-electron chi connectivity index (χ1n) is 13.6. The molecule has 4 heterocycles. The fourth-order valence-corrected chi connectivity index (χ4v) is 5.08. The van der Waals surface area contributed by atoms with Crippen molar-refractivity contribution in [3.63, 3.8) is 0 Å². The van der Waals surface area contributed by atoms with E-state index in [2.05, 4.69) is 20.5 Å². The van der Waals surface area contributed by atoms with Crippen molar-refractivity contribution < 1.29 is 4.39 Å². The topological polar surface area (TPSA) is 99.6 Å². The minimum atomic E-state index is -0.586. The third kappa shape index (κ3) is 5.05. The van der Waals surface area contributed by atoms with E-state index in [0.717, 1.165) is 39.1 Å². The summed E-state index contributed by atoms with van der Waals surface area (Å²) in [4.78, 5) is 31.1. The maximum atomic E-state index is 15.3. The van der Waals surface area contributed by atoms with E-state index in [-0.39, 0.29) is 16.4 Å². The lowest BCUT2D eigenvalue weighted by molar-refractivity contribution is 0.576. The van der Waals surface area contributed by atoms with Gasteiger partial charge in [0, 0.05) is 54.8 Å². The van der Waals surface area contributed by atoms with E-state index in [1.165, 1.54) is 16.8 Å². The van der Waals surface area contributed by atoms with Crippen molar-refractivity contribution in [1.29, 1.82) is 0 Å². The number of nitrogens with zero attached hydrogens (tertiary/aromatic N) is 6. The average Bonchev–Trinajstić information content (AvgIpc) is 3.28. The molecule has 212 valence electrons. The monoisotopic (exact) mass is 555 g/mol. The van der Waals surface area contributed by atoms with Crippen LogP contribution in [0.15, 0.2) is 58.5 Å². The molecule has 4 aromatic heterocycles. The van der Waals surface area contributed by atoms with Gasteiger partial charge in [0.15, 0.2) is 11.6 Å². The van der Waals surface area contributed by atoms with E-state index in [1.54, 1.807) is 30.2 Å². The fourth-order valence-electron chi connectivity index (χ4n) is 5.08. The van der Waals surface area contributed by atoms with Crippen LogP contribution < -0.4 is 16.4 Å². The van der Waals surface area contributed by atoms with E-state index in [0.29, 0.717) is 29.1 Å². The van der Waals surface area contributed by atoms with Gasteiger partial charge in [-0.25, -0.2) is 9.37 Å². The molecule has 0 atom stereocenters. The number of rotatable bonds is 6. The van der Waals surface area contributed by atoms with Crippen LogP contribution in [-0.4, -0.2) is 29.1 Å². The second-order valence-electron chi connectivity index (χ2n) is 11.2. The van der Waals surface area contributed by atoms with Crippen LogP contribution in [0.2, 0.25) is 0 Å². The molecule has 0 amide bonds. The normalized spacial score (nSPS) is 11.8. The molecule has 0 radical (unpaired) electrons. The van der Waals surface area contributed by atoms with Gasteiger partial charge in [-0.05, 0) is 53.6 Å². The standard InChI is InChI=1S/C31H34FN7O2/c1-8-21-15-26(36-38(21)7)35-25-13-19(17-37(6)29(25)40)23-10-11-33-28(22(23)9-2)39-30(41)27-18(16-34-39)12-20(14-24(27)32)31(3,4)5/h10-17H,8-9H2,1-7H3,(H,35,36). The van der Waals surface area contributed by atoms with Gasteiger partial charge in [-0.3, -0.25) is 14.3 Å². The van der Waals surface area contributed by atoms with Crippen LogP contribution in [0.3, 0.4) is 0 Å². The highest BCUT2D eigenvalue weighted by Gasteiger charge is 2.21. The Labute approximate surface area is 237 Å². The first-order chi connectivity index (χ1) is 19.4. The van der Waals surface area contributed by atoms with Gasteiger partial charge >= 0.3 is 0 Å². The lowest BCUT2D eigenvalue weighted by Gasteiger charge is -2.20. The zero-order valence-electron chi connectivity index (χ0n) is 24.4. The van der Waals surface area contributed by atoms with Crippen molar-refractivity contribution in [3.8, 4) is 16.9 Å². The van der Waals surface area contributed by atoms with Crippen molar-refractivity contribution in [2.45, 2.75) is 52.9 Å². The number of hydrogen-bond donors (Lipinski definition) is 1. The Bertz CT molecular complexity index is 1910. The van der Waals surface area contributed by atoms with Gasteiger partial charge in [0.25, 0.3) is 11.1 Å². The van der Waals surface area contributed by atoms with E-state index >= 15 is 4.39 Å². The van der Waals surface area contributed by atoms with E-state index in [1.807, 2.05) is 59.9 Å². The van der Waals surface area contributed by atoms with Crippen molar-refractivity contribution in [2.24, 2.45) is 14.1 Å². The third-order valence-corrected chi connectivity index (χ3v) is 7.39. The van der Waals surface area contributed by atoms with E-state index in [9.17, 15) is 9.59 Å². The SMILES string of the molecule is CCc1c(-c2cc(Nc3cc(CC)n(C)n3)c(=O)n(C)c2)ccnc1-n1ncc2cc(C(C)(C)C)cc(F)c2c1=O. The average molecular weight is 556 g/mol. The minimum absolute atomic E-state index is 0.0299. The second kappa shape index (κ2) is 10.4. The number of fused-ring (bicyclic) bond motifs is 1. The molecule has 5 rings (SSSR count). The first kappa shape index (κ1) is 27.9. The molecule has 0 aliphatic carbocycles. The van der Waals surface area contributed by atoms with Gasteiger partial charge in [0.2, 0.25) is 0 Å². The Kier molecular flexibility index (Phi) is 7.10. The fraction of sp³-hybridized carbons (Fsp3) is 0.323. The molecular formula is C31H34FN7O2. The maximum absolute atomic E-state index is 15.3. The summed E-state index contributed by atoms with van der Waals surface area (Å²) in [6.07, 6.45) is 6.17. The number of hydrogen-bond acceptors (Lipinski definition) is 6. The smallest absolute Gasteiger partial charge is 0.283 e. The number of halogens is 1. The highest BCUT2D eigenvalue weighted by Crippen LogP contribution is 2.30. The van der Waals surface area contributed by atoms with Crippen molar-refractivity contribution in [3.05, 3.63) is 92.3 Å². The van der Waals surface area contributed by atoms with E-state index in [4.69, 9.17) is 0 Å². The molecule has 0 aliphatic heterocycles. The van der Waals surface area contributed by atoms with Gasteiger partial charge in [0.05, 0.1) is 11.6 Å². The number of aryl methyl sites for hydroxylation is 3. The lowest BCUT2D eigenvalue weighted by Crippen LogP contribution is -2.25. The molecule has 0 saturated carbocycles. The van der Waals surface area contributed by atoms with Crippen molar-refractivity contribution in [2.75, 3.05) is 5.32 Å². The summed E-state index contributed by atoms with van der Waals surface area (Å²) >= 11 is 0. The summed E-state index contributed by atoms with van der Waals surface area (Å²) in [5, 5.41) is 12.5. The Balaban J connectivity index is 1.64. The van der Waals surface area contributed by atoms with Crippen LogP contribution in [-0.2, 0) is 32.4 Å². The Morgan fingerprint density at radius 3 is 2.41 bits per heavy atom. The van der Waals surface area contributed by atoms with Gasteiger partial charge in [0.1, 0.15) is 11.5 Å².